The molecule has 2 aliphatic carbocycles. The van der Waals surface area contributed by atoms with E-state index in [0.29, 0.717) is 37.4 Å². The standard InChI is InChI=1S/C27H31N3O4S/c1-18-4-9-23(10-5-18)35(32,33)30-12-2-3-25(30)27(31)29(22-8-7-20-14-21(20)15-22)16-19-6-11-24-26(13-19)34-17-28-24/h4-6,9-11,13,17,20-22,25H,2-3,7-8,12,14-16H2,1H3/t20?,21?,22?,25-/m0/s1. The summed E-state index contributed by atoms with van der Waals surface area (Å²) < 4.78 is 34.0. The molecule has 2 heterocycles. The van der Waals surface area contributed by atoms with E-state index in [2.05, 4.69) is 4.98 Å². The van der Waals surface area contributed by atoms with Gasteiger partial charge in [-0.2, -0.15) is 4.31 Å². The van der Waals surface area contributed by atoms with Gasteiger partial charge in [-0.1, -0.05) is 23.8 Å². The van der Waals surface area contributed by atoms with Crippen molar-refractivity contribution in [3.63, 3.8) is 0 Å². The van der Waals surface area contributed by atoms with Gasteiger partial charge in [-0.25, -0.2) is 13.4 Å². The van der Waals surface area contributed by atoms with Crippen molar-refractivity contribution in [1.82, 2.24) is 14.2 Å². The average molecular weight is 494 g/mol. The maximum absolute atomic E-state index is 14.1. The number of aromatic nitrogens is 1. The molecule has 3 aliphatic rings. The Bertz CT molecular complexity index is 1350. The smallest absolute Gasteiger partial charge is 0.243 e. The molecule has 3 unspecified atom stereocenters. The Labute approximate surface area is 206 Å². The predicted octanol–water partition coefficient (Wildman–Crippen LogP) is 4.51. The monoisotopic (exact) mass is 493 g/mol. The summed E-state index contributed by atoms with van der Waals surface area (Å²) in [6.07, 6.45) is 7.08. The van der Waals surface area contributed by atoms with Gasteiger partial charge in [0, 0.05) is 19.1 Å². The van der Waals surface area contributed by atoms with Crippen molar-refractivity contribution >= 4 is 27.0 Å². The minimum atomic E-state index is -3.75. The molecule has 4 atom stereocenters. The second-order valence-electron chi connectivity index (χ2n) is 10.4. The lowest BCUT2D eigenvalue weighted by atomic mass is 9.93. The lowest BCUT2D eigenvalue weighted by Crippen LogP contribution is -2.51. The van der Waals surface area contributed by atoms with Crippen LogP contribution in [0.3, 0.4) is 0 Å². The number of hydrogen-bond donors (Lipinski definition) is 0. The van der Waals surface area contributed by atoms with Crippen LogP contribution in [0.25, 0.3) is 11.1 Å². The average Bonchev–Trinajstić information content (AvgIpc) is 3.22. The van der Waals surface area contributed by atoms with Crippen LogP contribution >= 0.6 is 0 Å². The summed E-state index contributed by atoms with van der Waals surface area (Å²) in [5, 5.41) is 0. The number of oxazole rings is 1. The number of rotatable bonds is 6. The number of nitrogens with zero attached hydrogens (tertiary/aromatic N) is 3. The van der Waals surface area contributed by atoms with Crippen LogP contribution in [0.5, 0.6) is 0 Å². The van der Waals surface area contributed by atoms with E-state index >= 15 is 0 Å². The van der Waals surface area contributed by atoms with Crippen LogP contribution in [0.15, 0.2) is 58.2 Å². The summed E-state index contributed by atoms with van der Waals surface area (Å²) in [5.41, 5.74) is 3.47. The predicted molar refractivity (Wildman–Crippen MR) is 132 cm³/mol. The number of carbonyl (C=O) groups excluding carboxylic acids is 1. The van der Waals surface area contributed by atoms with Gasteiger partial charge in [-0.05, 0) is 87.1 Å². The van der Waals surface area contributed by atoms with Crippen LogP contribution in [0.4, 0.5) is 0 Å². The van der Waals surface area contributed by atoms with E-state index < -0.39 is 16.1 Å². The van der Waals surface area contributed by atoms with Crippen LogP contribution in [-0.4, -0.2) is 47.1 Å². The van der Waals surface area contributed by atoms with Gasteiger partial charge in [0.1, 0.15) is 11.6 Å². The maximum Gasteiger partial charge on any atom is 0.243 e. The van der Waals surface area contributed by atoms with E-state index in [4.69, 9.17) is 4.42 Å². The second kappa shape index (κ2) is 8.75. The Hall–Kier alpha value is -2.71. The molecule has 8 heteroatoms. The zero-order chi connectivity index (χ0) is 24.2. The van der Waals surface area contributed by atoms with Crippen molar-refractivity contribution in [1.29, 1.82) is 0 Å². The second-order valence-corrected chi connectivity index (χ2v) is 12.3. The van der Waals surface area contributed by atoms with Crippen LogP contribution in [0.1, 0.15) is 49.7 Å². The number of aryl methyl sites for hydroxylation is 1. The molecule has 1 aliphatic heterocycles. The Morgan fingerprint density at radius 3 is 2.71 bits per heavy atom. The largest absolute Gasteiger partial charge is 0.443 e. The highest BCUT2D eigenvalue weighted by Crippen LogP contribution is 2.50. The fraction of sp³-hybridized carbons (Fsp3) is 0.481. The highest BCUT2D eigenvalue weighted by molar-refractivity contribution is 7.89. The van der Waals surface area contributed by atoms with Crippen LogP contribution in [0, 0.1) is 18.8 Å². The van der Waals surface area contributed by atoms with Crippen molar-refractivity contribution in [3.8, 4) is 0 Å². The Morgan fingerprint density at radius 2 is 1.91 bits per heavy atom. The molecule has 1 saturated heterocycles. The Balaban J connectivity index is 1.30. The topological polar surface area (TPSA) is 83.7 Å². The number of benzene rings is 2. The van der Waals surface area contributed by atoms with Crippen LogP contribution < -0.4 is 0 Å². The molecule has 7 nitrogen and oxygen atoms in total. The molecular formula is C27H31N3O4S. The molecule has 1 aromatic heterocycles. The molecule has 1 amide bonds. The van der Waals surface area contributed by atoms with Gasteiger partial charge < -0.3 is 9.32 Å². The molecule has 35 heavy (non-hydrogen) atoms. The third-order valence-corrected chi connectivity index (χ3v) is 10.0. The SMILES string of the molecule is Cc1ccc(S(=O)(=O)N2CCC[C@H]2C(=O)N(Cc2ccc3ncoc3c2)C2CCC3CC3C2)cc1. The van der Waals surface area contributed by atoms with E-state index in [-0.39, 0.29) is 16.8 Å². The van der Waals surface area contributed by atoms with Gasteiger partial charge in [0.05, 0.1) is 4.90 Å². The number of hydrogen-bond acceptors (Lipinski definition) is 5. The zero-order valence-electron chi connectivity index (χ0n) is 20.0. The number of fused-ring (bicyclic) bond motifs is 2. The highest BCUT2D eigenvalue weighted by Gasteiger charge is 2.47. The Morgan fingerprint density at radius 1 is 1.09 bits per heavy atom. The van der Waals surface area contributed by atoms with E-state index in [0.717, 1.165) is 41.8 Å². The first kappa shape index (κ1) is 22.7. The van der Waals surface area contributed by atoms with Crippen LogP contribution in [0.2, 0.25) is 0 Å². The van der Waals surface area contributed by atoms with E-state index in [1.165, 1.54) is 17.1 Å². The van der Waals surface area contributed by atoms with Crippen molar-refractivity contribution in [3.05, 3.63) is 60.0 Å². The molecule has 0 radical (unpaired) electrons. The lowest BCUT2D eigenvalue weighted by Gasteiger charge is -2.37. The van der Waals surface area contributed by atoms with Gasteiger partial charge >= 0.3 is 0 Å². The van der Waals surface area contributed by atoms with E-state index in [9.17, 15) is 13.2 Å². The number of carbonyl (C=O) groups is 1. The quantitative estimate of drug-likeness (QED) is 0.505. The van der Waals surface area contributed by atoms with Crippen molar-refractivity contribution in [2.24, 2.45) is 11.8 Å². The first-order valence-electron chi connectivity index (χ1n) is 12.6. The fourth-order valence-corrected chi connectivity index (χ4v) is 7.65. The molecule has 0 spiro atoms. The summed E-state index contributed by atoms with van der Waals surface area (Å²) in [5.74, 6) is 1.45. The minimum Gasteiger partial charge on any atom is -0.443 e. The molecule has 3 aromatic rings. The molecule has 2 aromatic carbocycles. The van der Waals surface area contributed by atoms with Crippen molar-refractivity contribution in [2.45, 2.75) is 69.0 Å². The van der Waals surface area contributed by atoms with Gasteiger partial charge in [-0.15, -0.1) is 0 Å². The first-order chi connectivity index (χ1) is 16.9. The summed E-state index contributed by atoms with van der Waals surface area (Å²) in [7, 11) is -3.75. The number of sulfonamides is 1. The first-order valence-corrected chi connectivity index (χ1v) is 14.1. The van der Waals surface area contributed by atoms with Gasteiger partial charge in [0.15, 0.2) is 12.0 Å². The van der Waals surface area contributed by atoms with Crippen molar-refractivity contribution < 1.29 is 17.6 Å². The molecule has 3 fully saturated rings. The fourth-order valence-electron chi connectivity index (χ4n) is 6.00. The summed E-state index contributed by atoms with van der Waals surface area (Å²) in [6, 6.07) is 12.2. The Kier molecular flexibility index (Phi) is 5.68. The van der Waals surface area contributed by atoms with Crippen LogP contribution in [-0.2, 0) is 21.4 Å². The highest BCUT2D eigenvalue weighted by atomic mass is 32.2. The lowest BCUT2D eigenvalue weighted by molar-refractivity contribution is -0.138. The maximum atomic E-state index is 14.1. The third-order valence-electron chi connectivity index (χ3n) is 8.10. The summed E-state index contributed by atoms with van der Waals surface area (Å²) in [4.78, 5) is 20.5. The van der Waals surface area contributed by atoms with E-state index in [1.54, 1.807) is 24.3 Å². The zero-order valence-corrected chi connectivity index (χ0v) is 20.8. The minimum absolute atomic E-state index is 0.0695. The van der Waals surface area contributed by atoms with Gasteiger partial charge in [0.25, 0.3) is 0 Å². The molecule has 6 rings (SSSR count). The van der Waals surface area contributed by atoms with Gasteiger partial charge in [-0.3, -0.25) is 4.79 Å². The molecule has 0 N–H and O–H groups in total. The van der Waals surface area contributed by atoms with E-state index in [1.807, 2.05) is 30.0 Å². The third kappa shape index (κ3) is 4.27. The summed E-state index contributed by atoms with van der Waals surface area (Å²) >= 11 is 0. The molecular weight excluding hydrogens is 462 g/mol. The van der Waals surface area contributed by atoms with Crippen molar-refractivity contribution in [2.75, 3.05) is 6.54 Å². The number of amides is 1. The molecule has 2 saturated carbocycles. The van der Waals surface area contributed by atoms with Gasteiger partial charge in [0.2, 0.25) is 15.9 Å². The summed E-state index contributed by atoms with van der Waals surface area (Å²) in [6.45, 7) is 2.76. The normalized spacial score (nSPS) is 26.5. The molecule has 184 valence electrons. The molecule has 0 bridgehead atoms.